The summed E-state index contributed by atoms with van der Waals surface area (Å²) in [5, 5.41) is 17.4. The Hall–Kier alpha value is -2.54. The molecule has 0 atom stereocenters. The molecule has 0 bridgehead atoms. The zero-order valence-corrected chi connectivity index (χ0v) is 13.1. The van der Waals surface area contributed by atoms with Crippen LogP contribution in [0.5, 0.6) is 0 Å². The van der Waals surface area contributed by atoms with Gasteiger partial charge in [0.25, 0.3) is 0 Å². The van der Waals surface area contributed by atoms with Crippen LogP contribution in [0.4, 0.5) is 5.69 Å². The fraction of sp³-hybridized carbons (Fsp3) is 0.333. The standard InChI is InChI=1S/C18H22N2O2/c1-3-12-20(13-4-2)17-10-8-15(9-11-17)6-5-7-16(14-19)18(21)22/h5-11H,3-4,12-13H2,1-2H3,(H,21,22). The fourth-order valence-corrected chi connectivity index (χ4v) is 2.12. The highest BCUT2D eigenvalue weighted by atomic mass is 16.4. The van der Waals surface area contributed by atoms with Gasteiger partial charge in [-0.05, 0) is 36.6 Å². The number of carbonyl (C=O) groups is 1. The van der Waals surface area contributed by atoms with Gasteiger partial charge in [0.2, 0.25) is 0 Å². The van der Waals surface area contributed by atoms with E-state index >= 15 is 0 Å². The van der Waals surface area contributed by atoms with Crippen LogP contribution >= 0.6 is 0 Å². The molecule has 1 rings (SSSR count). The van der Waals surface area contributed by atoms with Gasteiger partial charge in [0, 0.05) is 18.8 Å². The molecule has 116 valence electrons. The lowest BCUT2D eigenvalue weighted by Gasteiger charge is -2.23. The third-order valence-corrected chi connectivity index (χ3v) is 3.15. The van der Waals surface area contributed by atoms with E-state index in [2.05, 4.69) is 30.9 Å². The lowest BCUT2D eigenvalue weighted by atomic mass is 10.1. The van der Waals surface area contributed by atoms with Gasteiger partial charge in [-0.25, -0.2) is 4.79 Å². The molecule has 0 aromatic heterocycles. The number of hydrogen-bond donors (Lipinski definition) is 1. The normalized spacial score (nSPS) is 11.4. The Morgan fingerprint density at radius 1 is 1.23 bits per heavy atom. The molecule has 0 radical (unpaired) electrons. The molecule has 0 aliphatic rings. The number of carboxylic acids is 1. The molecule has 0 heterocycles. The van der Waals surface area contributed by atoms with E-state index in [-0.39, 0.29) is 5.57 Å². The first kappa shape index (κ1) is 17.5. The number of carboxylic acid groups (broad SMARTS) is 1. The topological polar surface area (TPSA) is 64.3 Å². The van der Waals surface area contributed by atoms with Crippen LogP contribution in [0.3, 0.4) is 0 Å². The third-order valence-electron chi connectivity index (χ3n) is 3.15. The molecule has 0 spiro atoms. The minimum atomic E-state index is -1.21. The molecule has 4 heteroatoms. The summed E-state index contributed by atoms with van der Waals surface area (Å²) in [5.74, 6) is -1.21. The quantitative estimate of drug-likeness (QED) is 0.449. The van der Waals surface area contributed by atoms with Crippen molar-refractivity contribution in [1.82, 2.24) is 0 Å². The molecule has 0 fully saturated rings. The molecule has 22 heavy (non-hydrogen) atoms. The summed E-state index contributed by atoms with van der Waals surface area (Å²) in [4.78, 5) is 13.0. The van der Waals surface area contributed by atoms with Gasteiger partial charge in [-0.2, -0.15) is 5.26 Å². The molecule has 1 N–H and O–H groups in total. The predicted molar refractivity (Wildman–Crippen MR) is 89.6 cm³/mol. The monoisotopic (exact) mass is 298 g/mol. The van der Waals surface area contributed by atoms with Crippen LogP contribution in [0.1, 0.15) is 32.3 Å². The van der Waals surface area contributed by atoms with Gasteiger partial charge in [-0.1, -0.05) is 38.1 Å². The first-order valence-electron chi connectivity index (χ1n) is 7.49. The van der Waals surface area contributed by atoms with Crippen LogP contribution in [0, 0.1) is 11.3 Å². The Labute approximate surface area is 132 Å². The van der Waals surface area contributed by atoms with Gasteiger partial charge >= 0.3 is 5.97 Å². The number of nitrogens with zero attached hydrogens (tertiary/aromatic N) is 2. The fourth-order valence-electron chi connectivity index (χ4n) is 2.12. The first-order valence-corrected chi connectivity index (χ1v) is 7.49. The third kappa shape index (κ3) is 5.45. The second-order valence-electron chi connectivity index (χ2n) is 4.93. The summed E-state index contributed by atoms with van der Waals surface area (Å²) in [6.45, 7) is 6.41. The van der Waals surface area contributed by atoms with Crippen molar-refractivity contribution in [2.75, 3.05) is 18.0 Å². The second kappa shape index (κ2) is 9.41. The molecular weight excluding hydrogens is 276 g/mol. The van der Waals surface area contributed by atoms with Crippen LogP contribution in [-0.4, -0.2) is 24.2 Å². The SMILES string of the molecule is CCCN(CCC)c1ccc(C=CC=C(C#N)C(=O)O)cc1. The van der Waals surface area contributed by atoms with Crippen molar-refractivity contribution in [3.8, 4) is 6.07 Å². The van der Waals surface area contributed by atoms with Crippen LogP contribution in [-0.2, 0) is 4.79 Å². The minimum Gasteiger partial charge on any atom is -0.477 e. The van der Waals surface area contributed by atoms with E-state index in [1.54, 1.807) is 18.2 Å². The maximum Gasteiger partial charge on any atom is 0.346 e. The van der Waals surface area contributed by atoms with Crippen molar-refractivity contribution in [3.05, 3.63) is 47.6 Å². The van der Waals surface area contributed by atoms with Crippen molar-refractivity contribution in [3.63, 3.8) is 0 Å². The molecular formula is C18H22N2O2. The van der Waals surface area contributed by atoms with E-state index < -0.39 is 5.97 Å². The second-order valence-corrected chi connectivity index (χ2v) is 4.93. The Morgan fingerprint density at radius 2 is 1.82 bits per heavy atom. The average molecular weight is 298 g/mol. The Kier molecular flexibility index (Phi) is 7.49. The van der Waals surface area contributed by atoms with E-state index in [1.807, 2.05) is 12.1 Å². The summed E-state index contributed by atoms with van der Waals surface area (Å²) >= 11 is 0. The van der Waals surface area contributed by atoms with Gasteiger partial charge in [0.15, 0.2) is 0 Å². The Balaban J connectivity index is 2.80. The van der Waals surface area contributed by atoms with Gasteiger partial charge in [-0.15, -0.1) is 0 Å². The first-order chi connectivity index (χ1) is 10.6. The van der Waals surface area contributed by atoms with Crippen molar-refractivity contribution < 1.29 is 9.90 Å². The van der Waals surface area contributed by atoms with Crippen LogP contribution < -0.4 is 4.90 Å². The van der Waals surface area contributed by atoms with Crippen molar-refractivity contribution >= 4 is 17.7 Å². The zero-order chi connectivity index (χ0) is 16.4. The van der Waals surface area contributed by atoms with E-state index in [1.165, 1.54) is 11.8 Å². The van der Waals surface area contributed by atoms with Gasteiger partial charge in [-0.3, -0.25) is 0 Å². The van der Waals surface area contributed by atoms with E-state index in [0.29, 0.717) is 0 Å². The molecule has 4 nitrogen and oxygen atoms in total. The smallest absolute Gasteiger partial charge is 0.346 e. The van der Waals surface area contributed by atoms with Crippen molar-refractivity contribution in [2.45, 2.75) is 26.7 Å². The van der Waals surface area contributed by atoms with Gasteiger partial charge in [0.1, 0.15) is 11.6 Å². The lowest BCUT2D eigenvalue weighted by Crippen LogP contribution is -2.24. The minimum absolute atomic E-state index is 0.273. The summed E-state index contributed by atoms with van der Waals surface area (Å²) in [6.07, 6.45) is 6.89. The average Bonchev–Trinajstić information content (AvgIpc) is 2.51. The highest BCUT2D eigenvalue weighted by molar-refractivity contribution is 5.91. The number of nitriles is 1. The number of hydrogen-bond acceptors (Lipinski definition) is 3. The van der Waals surface area contributed by atoms with E-state index in [9.17, 15) is 4.79 Å². The maximum absolute atomic E-state index is 10.7. The largest absolute Gasteiger partial charge is 0.477 e. The number of rotatable bonds is 8. The van der Waals surface area contributed by atoms with Crippen molar-refractivity contribution in [1.29, 1.82) is 5.26 Å². The number of aliphatic carboxylic acids is 1. The van der Waals surface area contributed by atoms with Crippen LogP contribution in [0.25, 0.3) is 6.08 Å². The molecule has 1 aromatic rings. The van der Waals surface area contributed by atoms with E-state index in [4.69, 9.17) is 10.4 Å². The molecule has 0 aliphatic carbocycles. The molecule has 0 saturated carbocycles. The van der Waals surface area contributed by atoms with Crippen LogP contribution in [0.15, 0.2) is 42.0 Å². The number of allylic oxidation sites excluding steroid dienone is 2. The lowest BCUT2D eigenvalue weighted by molar-refractivity contribution is -0.132. The summed E-state index contributed by atoms with van der Waals surface area (Å²) in [5.41, 5.74) is 1.89. The number of anilines is 1. The maximum atomic E-state index is 10.7. The molecule has 1 aromatic carbocycles. The summed E-state index contributed by atoms with van der Waals surface area (Å²) in [6, 6.07) is 9.76. The molecule has 0 saturated heterocycles. The summed E-state index contributed by atoms with van der Waals surface area (Å²) < 4.78 is 0. The Bertz CT molecular complexity index is 574. The van der Waals surface area contributed by atoms with Crippen molar-refractivity contribution in [2.24, 2.45) is 0 Å². The molecule has 0 unspecified atom stereocenters. The van der Waals surface area contributed by atoms with Crippen LogP contribution in [0.2, 0.25) is 0 Å². The highest BCUT2D eigenvalue weighted by Gasteiger charge is 2.04. The Morgan fingerprint density at radius 3 is 2.27 bits per heavy atom. The molecule has 0 aliphatic heterocycles. The molecule has 0 amide bonds. The van der Waals surface area contributed by atoms with Gasteiger partial charge < -0.3 is 10.0 Å². The summed E-state index contributed by atoms with van der Waals surface area (Å²) in [7, 11) is 0. The van der Waals surface area contributed by atoms with Gasteiger partial charge in [0.05, 0.1) is 0 Å². The highest BCUT2D eigenvalue weighted by Crippen LogP contribution is 2.17. The number of benzene rings is 1. The van der Waals surface area contributed by atoms with E-state index in [0.717, 1.165) is 31.5 Å². The zero-order valence-electron chi connectivity index (χ0n) is 13.1. The predicted octanol–water partition coefficient (Wildman–Crippen LogP) is 3.86.